The molecule has 2 N–H and O–H groups in total. The smallest absolute Gasteiger partial charge is 0.339 e. The maximum Gasteiger partial charge on any atom is 0.339 e. The second-order valence-corrected chi connectivity index (χ2v) is 6.54. The van der Waals surface area contributed by atoms with Crippen LogP contribution in [0.3, 0.4) is 0 Å². The number of ether oxygens (including phenoxy) is 1. The lowest BCUT2D eigenvalue weighted by Crippen LogP contribution is -2.25. The maximum atomic E-state index is 13.4. The van der Waals surface area contributed by atoms with Crippen LogP contribution in [0.25, 0.3) is 5.69 Å². The van der Waals surface area contributed by atoms with Crippen molar-refractivity contribution in [2.75, 3.05) is 12.4 Å². The van der Waals surface area contributed by atoms with E-state index in [1.807, 2.05) is 6.07 Å². The van der Waals surface area contributed by atoms with Gasteiger partial charge in [0.1, 0.15) is 17.1 Å². The molecule has 1 amide bonds. The Morgan fingerprint density at radius 3 is 2.68 bits per heavy atom. The molecule has 28 heavy (non-hydrogen) atoms. The number of carbonyl (C=O) groups excluding carboxylic acids is 1. The normalized spacial score (nSPS) is 15.6. The van der Waals surface area contributed by atoms with Gasteiger partial charge in [-0.1, -0.05) is 18.2 Å². The Hall–Kier alpha value is -3.61. The van der Waals surface area contributed by atoms with Crippen LogP contribution < -0.4 is 10.1 Å². The molecule has 1 unspecified atom stereocenters. The summed E-state index contributed by atoms with van der Waals surface area (Å²) < 4.78 is 20.4. The van der Waals surface area contributed by atoms with Crippen molar-refractivity contribution in [2.24, 2.45) is 0 Å². The summed E-state index contributed by atoms with van der Waals surface area (Å²) in [5.41, 5.74) is 2.33. The number of amides is 1. The lowest BCUT2D eigenvalue weighted by Gasteiger charge is -2.26. The van der Waals surface area contributed by atoms with E-state index in [4.69, 9.17) is 4.74 Å². The van der Waals surface area contributed by atoms with Crippen molar-refractivity contribution in [2.45, 2.75) is 12.3 Å². The SMILES string of the molecule is COc1cccc(-n2cc(C(=O)O)c3c2C(c2ccc(F)cc2)CC(=O)N3)c1. The number of anilines is 1. The number of aromatic nitrogens is 1. The molecule has 1 atom stereocenters. The topological polar surface area (TPSA) is 80.6 Å². The minimum atomic E-state index is -1.14. The van der Waals surface area contributed by atoms with Gasteiger partial charge in [0.15, 0.2) is 0 Å². The molecule has 2 aromatic carbocycles. The van der Waals surface area contributed by atoms with E-state index in [0.717, 1.165) is 5.56 Å². The fourth-order valence-corrected chi connectivity index (χ4v) is 3.57. The van der Waals surface area contributed by atoms with Crippen LogP contribution in [0.15, 0.2) is 54.7 Å². The molecule has 6 nitrogen and oxygen atoms in total. The van der Waals surface area contributed by atoms with Crippen molar-refractivity contribution >= 4 is 17.6 Å². The molecule has 1 aliphatic rings. The van der Waals surface area contributed by atoms with Gasteiger partial charge in [-0.3, -0.25) is 4.79 Å². The Bertz CT molecular complexity index is 1070. The predicted octanol–water partition coefficient (Wildman–Crippen LogP) is 3.80. The van der Waals surface area contributed by atoms with E-state index in [2.05, 4.69) is 5.32 Å². The van der Waals surface area contributed by atoms with E-state index < -0.39 is 11.9 Å². The molecule has 0 radical (unpaired) electrons. The van der Waals surface area contributed by atoms with Crippen LogP contribution in [-0.4, -0.2) is 28.7 Å². The molecule has 2 heterocycles. The first-order valence-electron chi connectivity index (χ1n) is 8.66. The molecule has 0 bridgehead atoms. The number of fused-ring (bicyclic) bond motifs is 1. The number of methoxy groups -OCH3 is 1. The number of rotatable bonds is 4. The number of nitrogens with zero attached hydrogens (tertiary/aromatic N) is 1. The molecule has 1 aromatic heterocycles. The molecule has 0 saturated carbocycles. The van der Waals surface area contributed by atoms with Gasteiger partial charge in [-0.15, -0.1) is 0 Å². The molecule has 0 fully saturated rings. The monoisotopic (exact) mass is 380 g/mol. The molecule has 142 valence electrons. The Labute approximate surface area is 160 Å². The third-order valence-corrected chi connectivity index (χ3v) is 4.86. The highest BCUT2D eigenvalue weighted by Crippen LogP contribution is 2.41. The summed E-state index contributed by atoms with van der Waals surface area (Å²) in [6.07, 6.45) is 1.62. The number of hydrogen-bond acceptors (Lipinski definition) is 3. The highest BCUT2D eigenvalue weighted by molar-refractivity contribution is 6.04. The molecular formula is C21H17FN2O4. The fourth-order valence-electron chi connectivity index (χ4n) is 3.57. The largest absolute Gasteiger partial charge is 0.497 e. The average Bonchev–Trinajstić information content (AvgIpc) is 3.07. The third-order valence-electron chi connectivity index (χ3n) is 4.86. The first kappa shape index (κ1) is 17.8. The zero-order valence-corrected chi connectivity index (χ0v) is 15.0. The van der Waals surface area contributed by atoms with Crippen molar-refractivity contribution < 1.29 is 23.8 Å². The standard InChI is InChI=1S/C21H17FN2O4/c1-28-15-4-2-3-14(9-15)24-11-17(21(26)27)19-20(24)16(10-18(25)23-19)12-5-7-13(22)8-6-12/h2-9,11,16H,10H2,1H3,(H,23,25)(H,26,27). The van der Waals surface area contributed by atoms with Crippen LogP contribution >= 0.6 is 0 Å². The van der Waals surface area contributed by atoms with E-state index in [9.17, 15) is 19.1 Å². The van der Waals surface area contributed by atoms with E-state index in [-0.39, 0.29) is 29.4 Å². The zero-order valence-electron chi connectivity index (χ0n) is 15.0. The number of carbonyl (C=O) groups is 2. The average molecular weight is 380 g/mol. The number of benzene rings is 2. The number of carboxylic acids is 1. The van der Waals surface area contributed by atoms with E-state index in [1.54, 1.807) is 42.0 Å². The maximum absolute atomic E-state index is 13.4. The predicted molar refractivity (Wildman–Crippen MR) is 101 cm³/mol. The molecular weight excluding hydrogens is 363 g/mol. The summed E-state index contributed by atoms with van der Waals surface area (Å²) >= 11 is 0. The number of carboxylic acid groups (broad SMARTS) is 1. The van der Waals surface area contributed by atoms with E-state index in [0.29, 0.717) is 17.1 Å². The van der Waals surface area contributed by atoms with Crippen LogP contribution in [0, 0.1) is 5.82 Å². The van der Waals surface area contributed by atoms with Crippen LogP contribution in [-0.2, 0) is 4.79 Å². The van der Waals surface area contributed by atoms with Crippen molar-refractivity contribution in [3.8, 4) is 11.4 Å². The fraction of sp³-hybridized carbons (Fsp3) is 0.143. The minimum absolute atomic E-state index is 0.00187. The Morgan fingerprint density at radius 2 is 2.00 bits per heavy atom. The molecule has 0 aliphatic carbocycles. The van der Waals surface area contributed by atoms with Gasteiger partial charge >= 0.3 is 5.97 Å². The zero-order chi connectivity index (χ0) is 19.8. The Morgan fingerprint density at radius 1 is 1.25 bits per heavy atom. The first-order valence-corrected chi connectivity index (χ1v) is 8.66. The number of aromatic carboxylic acids is 1. The van der Waals surface area contributed by atoms with Crippen LogP contribution in [0.4, 0.5) is 10.1 Å². The van der Waals surface area contributed by atoms with Gasteiger partial charge in [0, 0.05) is 30.3 Å². The summed E-state index contributed by atoms with van der Waals surface area (Å²) in [5, 5.41) is 12.3. The summed E-state index contributed by atoms with van der Waals surface area (Å²) in [7, 11) is 1.55. The van der Waals surface area contributed by atoms with Crippen molar-refractivity contribution in [1.82, 2.24) is 4.57 Å². The lowest BCUT2D eigenvalue weighted by atomic mass is 9.88. The number of nitrogens with one attached hydrogen (secondary N) is 1. The Kier molecular flexibility index (Phi) is 4.35. The van der Waals surface area contributed by atoms with Gasteiger partial charge in [0.05, 0.1) is 18.5 Å². The molecule has 4 rings (SSSR count). The van der Waals surface area contributed by atoms with Gasteiger partial charge in [-0.25, -0.2) is 9.18 Å². The van der Waals surface area contributed by atoms with E-state index in [1.165, 1.54) is 18.3 Å². The van der Waals surface area contributed by atoms with Crippen LogP contribution in [0.5, 0.6) is 5.75 Å². The Balaban J connectivity index is 1.96. The number of hydrogen-bond donors (Lipinski definition) is 2. The molecule has 3 aromatic rings. The van der Waals surface area contributed by atoms with E-state index >= 15 is 0 Å². The summed E-state index contributed by atoms with van der Waals surface area (Å²) in [5.74, 6) is -1.59. The summed E-state index contributed by atoms with van der Waals surface area (Å²) in [4.78, 5) is 24.1. The minimum Gasteiger partial charge on any atom is -0.497 e. The molecule has 7 heteroatoms. The van der Waals surface area contributed by atoms with Gasteiger partial charge in [-0.05, 0) is 29.8 Å². The number of halogens is 1. The molecule has 0 saturated heterocycles. The van der Waals surface area contributed by atoms with Crippen molar-refractivity contribution in [3.63, 3.8) is 0 Å². The second kappa shape index (κ2) is 6.84. The van der Waals surface area contributed by atoms with Crippen molar-refractivity contribution in [3.05, 3.63) is 77.4 Å². The van der Waals surface area contributed by atoms with Gasteiger partial charge < -0.3 is 19.7 Å². The van der Waals surface area contributed by atoms with Crippen molar-refractivity contribution in [1.29, 1.82) is 0 Å². The summed E-state index contributed by atoms with van der Waals surface area (Å²) in [6.45, 7) is 0. The van der Waals surface area contributed by atoms with Crippen LogP contribution in [0.2, 0.25) is 0 Å². The molecule has 0 spiro atoms. The quantitative estimate of drug-likeness (QED) is 0.722. The third kappa shape index (κ3) is 3.00. The van der Waals surface area contributed by atoms with Gasteiger partial charge in [0.2, 0.25) is 5.91 Å². The highest BCUT2D eigenvalue weighted by atomic mass is 19.1. The first-order chi connectivity index (χ1) is 13.5. The van der Waals surface area contributed by atoms with Gasteiger partial charge in [-0.2, -0.15) is 0 Å². The van der Waals surface area contributed by atoms with Crippen LogP contribution in [0.1, 0.15) is 34.0 Å². The highest BCUT2D eigenvalue weighted by Gasteiger charge is 2.34. The molecule has 1 aliphatic heterocycles. The summed E-state index contributed by atoms with van der Waals surface area (Å²) in [6, 6.07) is 13.1. The second-order valence-electron chi connectivity index (χ2n) is 6.54. The lowest BCUT2D eigenvalue weighted by molar-refractivity contribution is -0.116. The van der Waals surface area contributed by atoms with Gasteiger partial charge in [0.25, 0.3) is 0 Å².